The highest BCUT2D eigenvalue weighted by Crippen LogP contribution is 2.36. The number of hydrogen-bond acceptors (Lipinski definition) is 6. The molecule has 33 heavy (non-hydrogen) atoms. The predicted molar refractivity (Wildman–Crippen MR) is 129 cm³/mol. The molecule has 178 valence electrons. The molecule has 7 nitrogen and oxygen atoms in total. The van der Waals surface area contributed by atoms with Gasteiger partial charge in [-0.3, -0.25) is 14.5 Å². The normalized spacial score (nSPS) is 23.3. The van der Waals surface area contributed by atoms with Crippen molar-refractivity contribution in [2.24, 2.45) is 0 Å². The topological polar surface area (TPSA) is 66.0 Å². The van der Waals surface area contributed by atoms with Crippen molar-refractivity contribution in [2.75, 3.05) is 39.8 Å². The van der Waals surface area contributed by atoms with E-state index in [1.54, 1.807) is 18.3 Å². The van der Waals surface area contributed by atoms with Crippen LogP contribution in [-0.4, -0.2) is 76.9 Å². The molecule has 3 heterocycles. The Balaban J connectivity index is 1.60. The SMILES string of the molecule is CC(=O)N1CCCC[C@@]2(CCCN2Cc2nccs2)CN(C)C(=O)c2cccc(c2)OCC1. The number of benzene rings is 1. The third-order valence-corrected chi connectivity index (χ3v) is 7.67. The molecule has 0 aliphatic carbocycles. The molecule has 1 aromatic carbocycles. The molecule has 0 N–H and O–H groups in total. The van der Waals surface area contributed by atoms with Crippen LogP contribution in [0.2, 0.25) is 0 Å². The summed E-state index contributed by atoms with van der Waals surface area (Å²) < 4.78 is 5.88. The first-order chi connectivity index (χ1) is 16.0. The molecule has 2 aromatic rings. The van der Waals surface area contributed by atoms with Crippen LogP contribution in [0.1, 0.15) is 54.4 Å². The number of likely N-dealkylation sites (tertiary alicyclic amines) is 1. The van der Waals surface area contributed by atoms with E-state index in [1.807, 2.05) is 52.7 Å². The Morgan fingerprint density at radius 2 is 2.03 bits per heavy atom. The smallest absolute Gasteiger partial charge is 0.253 e. The quantitative estimate of drug-likeness (QED) is 0.670. The van der Waals surface area contributed by atoms with Gasteiger partial charge in [-0.05, 0) is 56.8 Å². The van der Waals surface area contributed by atoms with Crippen molar-refractivity contribution in [3.63, 3.8) is 0 Å². The molecule has 1 aromatic heterocycles. The second-order valence-electron chi connectivity index (χ2n) is 9.18. The van der Waals surface area contributed by atoms with E-state index in [2.05, 4.69) is 9.88 Å². The van der Waals surface area contributed by atoms with Gasteiger partial charge < -0.3 is 14.5 Å². The van der Waals surface area contributed by atoms with Crippen molar-refractivity contribution in [1.82, 2.24) is 19.7 Å². The summed E-state index contributed by atoms with van der Waals surface area (Å²) in [4.78, 5) is 36.3. The van der Waals surface area contributed by atoms with Gasteiger partial charge in [-0.25, -0.2) is 4.98 Å². The maximum atomic E-state index is 13.3. The Kier molecular flexibility index (Phi) is 7.65. The average molecular weight is 471 g/mol. The highest BCUT2D eigenvalue weighted by molar-refractivity contribution is 7.09. The third-order valence-electron chi connectivity index (χ3n) is 6.91. The standard InChI is InChI=1S/C25H34N4O3S/c1-20(30)28-12-4-3-9-25(10-6-13-29(25)18-23-26-11-16-33-23)19-27(2)24(31)21-7-5-8-22(17-21)32-15-14-28/h5,7-8,11,16-17H,3-4,6,9-10,12-15,18-19H2,1-2H3/t25-/m1/s1. The summed E-state index contributed by atoms with van der Waals surface area (Å²) in [6, 6.07) is 7.38. The molecular formula is C25H34N4O3S. The Morgan fingerprint density at radius 1 is 1.18 bits per heavy atom. The minimum Gasteiger partial charge on any atom is -0.492 e. The Bertz CT molecular complexity index is 951. The van der Waals surface area contributed by atoms with Gasteiger partial charge in [0.05, 0.1) is 13.1 Å². The summed E-state index contributed by atoms with van der Waals surface area (Å²) in [5, 5.41) is 3.14. The van der Waals surface area contributed by atoms with E-state index in [0.717, 1.165) is 56.7 Å². The van der Waals surface area contributed by atoms with E-state index in [-0.39, 0.29) is 17.4 Å². The van der Waals surface area contributed by atoms with Crippen LogP contribution in [0.25, 0.3) is 0 Å². The molecule has 2 amide bonds. The minimum atomic E-state index is -0.0780. The van der Waals surface area contributed by atoms with Crippen LogP contribution < -0.4 is 4.74 Å². The van der Waals surface area contributed by atoms with E-state index in [4.69, 9.17) is 4.74 Å². The van der Waals surface area contributed by atoms with Crippen molar-refractivity contribution in [1.29, 1.82) is 0 Å². The molecular weight excluding hydrogens is 436 g/mol. The van der Waals surface area contributed by atoms with Crippen LogP contribution in [0, 0.1) is 0 Å². The zero-order valence-corrected chi connectivity index (χ0v) is 20.5. The molecule has 1 spiro atoms. The number of carbonyl (C=O) groups is 2. The van der Waals surface area contributed by atoms with Crippen molar-refractivity contribution >= 4 is 23.2 Å². The van der Waals surface area contributed by atoms with Crippen LogP contribution in [0.15, 0.2) is 35.8 Å². The van der Waals surface area contributed by atoms with Crippen LogP contribution in [0.3, 0.4) is 0 Å². The van der Waals surface area contributed by atoms with Crippen molar-refractivity contribution < 1.29 is 14.3 Å². The van der Waals surface area contributed by atoms with Gasteiger partial charge in [0.2, 0.25) is 5.91 Å². The van der Waals surface area contributed by atoms with Crippen molar-refractivity contribution in [3.05, 3.63) is 46.4 Å². The molecule has 4 rings (SSSR count). The molecule has 1 atom stereocenters. The summed E-state index contributed by atoms with van der Waals surface area (Å²) in [5.41, 5.74) is 0.554. The fourth-order valence-electron chi connectivity index (χ4n) is 5.19. The lowest BCUT2D eigenvalue weighted by molar-refractivity contribution is -0.129. The number of carbonyl (C=O) groups excluding carboxylic acids is 2. The van der Waals surface area contributed by atoms with Crippen molar-refractivity contribution in [3.8, 4) is 5.75 Å². The number of thiazole rings is 1. The lowest BCUT2D eigenvalue weighted by Gasteiger charge is -2.41. The van der Waals surface area contributed by atoms with Gasteiger partial charge in [0.1, 0.15) is 17.4 Å². The molecule has 2 bridgehead atoms. The van der Waals surface area contributed by atoms with Gasteiger partial charge in [0.15, 0.2) is 0 Å². The first kappa shape index (κ1) is 23.7. The monoisotopic (exact) mass is 470 g/mol. The lowest BCUT2D eigenvalue weighted by atomic mass is 9.88. The predicted octanol–water partition coefficient (Wildman–Crippen LogP) is 3.66. The highest BCUT2D eigenvalue weighted by Gasteiger charge is 2.42. The highest BCUT2D eigenvalue weighted by atomic mass is 32.1. The van der Waals surface area contributed by atoms with Crippen LogP contribution >= 0.6 is 11.3 Å². The van der Waals surface area contributed by atoms with Gasteiger partial charge in [0, 0.05) is 49.7 Å². The second-order valence-corrected chi connectivity index (χ2v) is 10.2. The Labute approximate surface area is 200 Å². The number of aromatic nitrogens is 1. The van der Waals surface area contributed by atoms with Gasteiger partial charge in [-0.2, -0.15) is 0 Å². The zero-order valence-electron chi connectivity index (χ0n) is 19.7. The summed E-state index contributed by atoms with van der Waals surface area (Å²) in [6.07, 6.45) is 7.00. The number of fused-ring (bicyclic) bond motifs is 2. The summed E-state index contributed by atoms with van der Waals surface area (Å²) in [7, 11) is 1.91. The van der Waals surface area contributed by atoms with Gasteiger partial charge in [0.25, 0.3) is 5.91 Å². The van der Waals surface area contributed by atoms with Crippen LogP contribution in [0.5, 0.6) is 5.75 Å². The second kappa shape index (κ2) is 10.7. The molecule has 0 radical (unpaired) electrons. The van der Waals surface area contributed by atoms with Crippen LogP contribution in [0.4, 0.5) is 0 Å². The maximum absolute atomic E-state index is 13.3. The summed E-state index contributed by atoms with van der Waals surface area (Å²) in [6.45, 7) is 5.84. The molecule has 0 saturated carbocycles. The molecule has 2 aliphatic heterocycles. The largest absolute Gasteiger partial charge is 0.492 e. The minimum absolute atomic E-state index is 0.0150. The third kappa shape index (κ3) is 5.73. The number of hydrogen-bond donors (Lipinski definition) is 0. The Morgan fingerprint density at radius 3 is 2.82 bits per heavy atom. The number of rotatable bonds is 2. The number of amides is 2. The fourth-order valence-corrected chi connectivity index (χ4v) is 5.82. The number of likely N-dealkylation sites (N-methyl/N-ethyl adjacent to an activating group) is 1. The van der Waals surface area contributed by atoms with Gasteiger partial charge in [-0.1, -0.05) is 6.07 Å². The fraction of sp³-hybridized carbons (Fsp3) is 0.560. The van der Waals surface area contributed by atoms with E-state index >= 15 is 0 Å². The molecule has 2 aliphatic rings. The van der Waals surface area contributed by atoms with Crippen LogP contribution in [-0.2, 0) is 11.3 Å². The van der Waals surface area contributed by atoms with Crippen molar-refractivity contribution in [2.45, 2.75) is 51.1 Å². The van der Waals surface area contributed by atoms with E-state index < -0.39 is 0 Å². The first-order valence-electron chi connectivity index (χ1n) is 11.8. The van der Waals surface area contributed by atoms with E-state index in [9.17, 15) is 9.59 Å². The maximum Gasteiger partial charge on any atom is 0.253 e. The molecule has 8 heteroatoms. The van der Waals surface area contributed by atoms with E-state index in [0.29, 0.717) is 31.0 Å². The number of nitrogens with zero attached hydrogens (tertiary/aromatic N) is 4. The Hall–Kier alpha value is -2.45. The zero-order chi connectivity index (χ0) is 23.3. The number of ether oxygens (including phenoxy) is 1. The average Bonchev–Trinajstić information content (AvgIpc) is 3.45. The summed E-state index contributed by atoms with van der Waals surface area (Å²) >= 11 is 1.69. The van der Waals surface area contributed by atoms with Gasteiger partial charge >= 0.3 is 0 Å². The lowest BCUT2D eigenvalue weighted by Crippen LogP contribution is -2.52. The first-order valence-corrected chi connectivity index (χ1v) is 12.7. The molecule has 1 saturated heterocycles. The molecule has 0 unspecified atom stereocenters. The summed E-state index contributed by atoms with van der Waals surface area (Å²) in [5.74, 6) is 0.752. The molecule has 1 fully saturated rings. The van der Waals surface area contributed by atoms with E-state index in [1.165, 1.54) is 0 Å². The van der Waals surface area contributed by atoms with Gasteiger partial charge in [-0.15, -0.1) is 11.3 Å².